The molecular formula is C19H16O3S. The largest absolute Gasteiger partial charge is 0.497 e. The number of fused-ring (bicyclic) bond motifs is 1. The summed E-state index contributed by atoms with van der Waals surface area (Å²) in [5.41, 5.74) is 1.96. The van der Waals surface area contributed by atoms with E-state index in [2.05, 4.69) is 0 Å². The third-order valence-corrected chi connectivity index (χ3v) is 4.15. The van der Waals surface area contributed by atoms with E-state index < -0.39 is 0 Å². The van der Waals surface area contributed by atoms with Gasteiger partial charge in [-0.25, -0.2) is 4.79 Å². The summed E-state index contributed by atoms with van der Waals surface area (Å²) in [6.07, 6.45) is 3.21. The quantitative estimate of drug-likeness (QED) is 0.505. The molecule has 0 unspecified atom stereocenters. The van der Waals surface area contributed by atoms with Crippen LogP contribution in [0.15, 0.2) is 59.3 Å². The molecule has 0 fully saturated rings. The summed E-state index contributed by atoms with van der Waals surface area (Å²) in [6.45, 7) is 0.259. The number of benzene rings is 2. The maximum absolute atomic E-state index is 11.7. The molecule has 1 heterocycles. The number of rotatable bonds is 5. The van der Waals surface area contributed by atoms with E-state index in [1.165, 1.54) is 6.08 Å². The van der Waals surface area contributed by atoms with Crippen LogP contribution in [-0.4, -0.2) is 13.1 Å². The van der Waals surface area contributed by atoms with E-state index in [4.69, 9.17) is 9.47 Å². The van der Waals surface area contributed by atoms with E-state index in [-0.39, 0.29) is 12.6 Å². The molecule has 0 aliphatic carbocycles. The van der Waals surface area contributed by atoms with E-state index in [0.29, 0.717) is 0 Å². The molecule has 0 amide bonds. The van der Waals surface area contributed by atoms with E-state index in [1.807, 2.05) is 53.2 Å². The second-order valence-corrected chi connectivity index (χ2v) is 5.83. The van der Waals surface area contributed by atoms with Crippen molar-refractivity contribution in [1.82, 2.24) is 0 Å². The van der Waals surface area contributed by atoms with Gasteiger partial charge in [0.25, 0.3) is 0 Å². The molecule has 2 aromatic carbocycles. The molecule has 3 nitrogen and oxygen atoms in total. The number of carbonyl (C=O) groups is 1. The van der Waals surface area contributed by atoms with Gasteiger partial charge in [0.05, 0.1) is 7.11 Å². The Morgan fingerprint density at radius 2 is 1.96 bits per heavy atom. The van der Waals surface area contributed by atoms with Gasteiger partial charge in [0, 0.05) is 6.08 Å². The Labute approximate surface area is 138 Å². The van der Waals surface area contributed by atoms with Crippen molar-refractivity contribution in [2.45, 2.75) is 6.61 Å². The Bertz CT molecular complexity index is 835. The fraction of sp³-hybridized carbons (Fsp3) is 0.105. The summed E-state index contributed by atoms with van der Waals surface area (Å²) < 4.78 is 10.5. The van der Waals surface area contributed by atoms with Crippen molar-refractivity contribution < 1.29 is 14.3 Å². The first-order valence-electron chi connectivity index (χ1n) is 7.18. The molecule has 0 N–H and O–H groups in total. The normalized spacial score (nSPS) is 11.0. The summed E-state index contributed by atoms with van der Waals surface area (Å²) in [6, 6.07) is 13.8. The van der Waals surface area contributed by atoms with Crippen molar-refractivity contribution in [3.05, 3.63) is 70.4 Å². The molecular weight excluding hydrogens is 308 g/mol. The third-order valence-electron chi connectivity index (χ3n) is 3.45. The van der Waals surface area contributed by atoms with Crippen molar-refractivity contribution in [2.75, 3.05) is 7.11 Å². The molecule has 0 aliphatic rings. The molecule has 0 spiro atoms. The number of methoxy groups -OCH3 is 1. The molecule has 0 saturated heterocycles. The molecule has 4 heteroatoms. The second kappa shape index (κ2) is 7.11. The number of ether oxygens (including phenoxy) is 2. The topological polar surface area (TPSA) is 35.5 Å². The van der Waals surface area contributed by atoms with Gasteiger partial charge in [-0.1, -0.05) is 18.2 Å². The fourth-order valence-electron chi connectivity index (χ4n) is 2.23. The van der Waals surface area contributed by atoms with Crippen molar-refractivity contribution >= 4 is 34.2 Å². The minimum absolute atomic E-state index is 0.259. The average molecular weight is 324 g/mol. The Morgan fingerprint density at radius 1 is 1.13 bits per heavy atom. The lowest BCUT2D eigenvalue weighted by Crippen LogP contribution is -2.00. The van der Waals surface area contributed by atoms with Gasteiger partial charge in [-0.2, -0.15) is 11.3 Å². The number of hydrogen-bond donors (Lipinski definition) is 0. The van der Waals surface area contributed by atoms with E-state index in [0.717, 1.165) is 27.6 Å². The van der Waals surface area contributed by atoms with E-state index in [9.17, 15) is 4.79 Å². The third kappa shape index (κ3) is 3.99. The summed E-state index contributed by atoms with van der Waals surface area (Å²) in [5, 5.41) is 6.13. The van der Waals surface area contributed by atoms with E-state index in [1.54, 1.807) is 24.5 Å². The lowest BCUT2D eigenvalue weighted by Gasteiger charge is -2.06. The molecule has 0 atom stereocenters. The first-order valence-corrected chi connectivity index (χ1v) is 8.12. The van der Waals surface area contributed by atoms with Crippen molar-refractivity contribution in [2.24, 2.45) is 0 Å². The van der Waals surface area contributed by atoms with Crippen LogP contribution in [0, 0.1) is 0 Å². The minimum atomic E-state index is -0.342. The summed E-state index contributed by atoms with van der Waals surface area (Å²) in [7, 11) is 1.65. The second-order valence-electron chi connectivity index (χ2n) is 5.05. The van der Waals surface area contributed by atoms with Crippen LogP contribution in [0.3, 0.4) is 0 Å². The number of hydrogen-bond acceptors (Lipinski definition) is 4. The maximum Gasteiger partial charge on any atom is 0.331 e. The summed E-state index contributed by atoms with van der Waals surface area (Å²) >= 11 is 1.59. The van der Waals surface area contributed by atoms with Crippen LogP contribution in [0.2, 0.25) is 0 Å². The lowest BCUT2D eigenvalue weighted by molar-refractivity contribution is -0.138. The average Bonchev–Trinajstić information content (AvgIpc) is 3.11. The zero-order valence-electron chi connectivity index (χ0n) is 12.7. The van der Waals surface area contributed by atoms with Gasteiger partial charge in [-0.3, -0.25) is 0 Å². The van der Waals surface area contributed by atoms with Gasteiger partial charge in [0.15, 0.2) is 0 Å². The predicted molar refractivity (Wildman–Crippen MR) is 93.6 cm³/mol. The van der Waals surface area contributed by atoms with Gasteiger partial charge >= 0.3 is 5.97 Å². The van der Waals surface area contributed by atoms with Crippen LogP contribution in [-0.2, 0) is 16.1 Å². The molecule has 0 bridgehead atoms. The van der Waals surface area contributed by atoms with Crippen molar-refractivity contribution in [1.29, 1.82) is 0 Å². The van der Waals surface area contributed by atoms with Gasteiger partial charge < -0.3 is 9.47 Å². The van der Waals surface area contributed by atoms with E-state index >= 15 is 0 Å². The molecule has 3 rings (SSSR count). The van der Waals surface area contributed by atoms with Crippen LogP contribution in [0.4, 0.5) is 0 Å². The van der Waals surface area contributed by atoms with Crippen LogP contribution in [0.1, 0.15) is 11.1 Å². The summed E-state index contributed by atoms with van der Waals surface area (Å²) in [5.74, 6) is 0.487. The van der Waals surface area contributed by atoms with Gasteiger partial charge in [-0.05, 0) is 63.0 Å². The van der Waals surface area contributed by atoms with Gasteiger partial charge in [0.1, 0.15) is 12.4 Å². The molecule has 116 valence electrons. The Kier molecular flexibility index (Phi) is 4.74. The number of thiophene rings is 1. The zero-order chi connectivity index (χ0) is 16.1. The molecule has 3 aromatic rings. The highest BCUT2D eigenvalue weighted by atomic mass is 32.1. The molecule has 0 radical (unpaired) electrons. The fourth-order valence-corrected chi connectivity index (χ4v) is 2.86. The number of esters is 1. The SMILES string of the molecule is COc1ccc2cc(COC(=O)/C=C/c3ccsc3)ccc2c1. The highest BCUT2D eigenvalue weighted by Crippen LogP contribution is 2.22. The van der Waals surface area contributed by atoms with Crippen molar-refractivity contribution in [3.8, 4) is 5.75 Å². The predicted octanol–water partition coefficient (Wildman–Crippen LogP) is 4.67. The number of carbonyl (C=O) groups excluding carboxylic acids is 1. The molecule has 23 heavy (non-hydrogen) atoms. The Balaban J connectivity index is 1.63. The van der Waals surface area contributed by atoms with Crippen LogP contribution in [0.5, 0.6) is 5.75 Å². The van der Waals surface area contributed by atoms with Crippen LogP contribution >= 0.6 is 11.3 Å². The zero-order valence-corrected chi connectivity index (χ0v) is 13.5. The van der Waals surface area contributed by atoms with Gasteiger partial charge in [0.2, 0.25) is 0 Å². The van der Waals surface area contributed by atoms with Gasteiger partial charge in [-0.15, -0.1) is 0 Å². The lowest BCUT2D eigenvalue weighted by atomic mass is 10.1. The monoisotopic (exact) mass is 324 g/mol. The molecule has 0 aliphatic heterocycles. The maximum atomic E-state index is 11.7. The standard InChI is InChI=1S/C19H16O3S/c1-21-18-6-5-16-10-15(2-4-17(16)11-18)12-22-19(20)7-3-14-8-9-23-13-14/h2-11,13H,12H2,1H3/b7-3+. The van der Waals surface area contributed by atoms with Crippen LogP contribution < -0.4 is 4.74 Å². The minimum Gasteiger partial charge on any atom is -0.497 e. The highest BCUT2D eigenvalue weighted by Gasteiger charge is 2.02. The Morgan fingerprint density at radius 3 is 2.74 bits per heavy atom. The van der Waals surface area contributed by atoms with Crippen LogP contribution in [0.25, 0.3) is 16.8 Å². The first kappa shape index (κ1) is 15.3. The first-order chi connectivity index (χ1) is 11.2. The Hall–Kier alpha value is -2.59. The molecule has 0 saturated carbocycles. The van der Waals surface area contributed by atoms with Crippen molar-refractivity contribution in [3.63, 3.8) is 0 Å². The highest BCUT2D eigenvalue weighted by molar-refractivity contribution is 7.08. The molecule has 1 aromatic heterocycles. The summed E-state index contributed by atoms with van der Waals surface area (Å²) in [4.78, 5) is 11.7. The smallest absolute Gasteiger partial charge is 0.331 e.